The normalized spacial score (nSPS) is 9.73. The Hall–Kier alpha value is -0.280. The maximum absolute atomic E-state index is 12.6. The van der Waals surface area contributed by atoms with Gasteiger partial charge in [0.05, 0.1) is 10.5 Å². The highest BCUT2D eigenvalue weighted by atomic mass is 79.9. The van der Waals surface area contributed by atoms with E-state index in [2.05, 4.69) is 21.2 Å². The monoisotopic (exact) mass is 237 g/mol. The van der Waals surface area contributed by atoms with Crippen molar-refractivity contribution in [2.45, 2.75) is 0 Å². The van der Waals surface area contributed by atoms with Gasteiger partial charge >= 0.3 is 0 Å². The van der Waals surface area contributed by atoms with Gasteiger partial charge in [0.15, 0.2) is 0 Å². The van der Waals surface area contributed by atoms with Gasteiger partial charge in [-0.05, 0) is 18.2 Å². The molecule has 1 aromatic rings. The summed E-state index contributed by atoms with van der Waals surface area (Å²) >= 11 is 8.70. The van der Waals surface area contributed by atoms with Crippen LogP contribution in [0.25, 0.3) is 0 Å². The van der Waals surface area contributed by atoms with Crippen molar-refractivity contribution in [2.75, 3.05) is 10.8 Å². The molecule has 0 fully saturated rings. The van der Waals surface area contributed by atoms with Crippen LogP contribution in [0.2, 0.25) is 5.02 Å². The van der Waals surface area contributed by atoms with E-state index in [-0.39, 0.29) is 5.02 Å². The second kappa shape index (κ2) is 3.93. The molecule has 0 radical (unpaired) electrons. The lowest BCUT2D eigenvalue weighted by Crippen LogP contribution is -1.93. The van der Waals surface area contributed by atoms with Crippen LogP contribution in [0.1, 0.15) is 0 Å². The summed E-state index contributed by atoms with van der Waals surface area (Å²) < 4.78 is 12.6. The third-order valence-corrected chi connectivity index (χ3v) is 1.76. The van der Waals surface area contributed by atoms with E-state index in [4.69, 9.17) is 11.6 Å². The van der Waals surface area contributed by atoms with E-state index in [1.165, 1.54) is 12.1 Å². The van der Waals surface area contributed by atoms with Gasteiger partial charge in [-0.15, -0.1) is 0 Å². The van der Waals surface area contributed by atoms with Gasteiger partial charge in [-0.25, -0.2) is 4.39 Å². The maximum Gasteiger partial charge on any atom is 0.141 e. The summed E-state index contributed by atoms with van der Waals surface area (Å²) in [7, 11) is 0. The smallest absolute Gasteiger partial charge is 0.141 e. The topological polar surface area (TPSA) is 12.0 Å². The molecular weight excluding hydrogens is 232 g/mol. The number of anilines is 1. The number of halogens is 3. The van der Waals surface area contributed by atoms with E-state index in [9.17, 15) is 4.39 Å². The van der Waals surface area contributed by atoms with E-state index in [0.29, 0.717) is 5.45 Å². The minimum absolute atomic E-state index is 0.135. The largest absolute Gasteiger partial charge is 0.375 e. The zero-order chi connectivity index (χ0) is 8.27. The minimum atomic E-state index is -0.396. The number of rotatable bonds is 2. The molecule has 0 heterocycles. The van der Waals surface area contributed by atoms with Crippen LogP contribution in [0.4, 0.5) is 10.1 Å². The van der Waals surface area contributed by atoms with Crippen molar-refractivity contribution in [3.05, 3.63) is 29.0 Å². The van der Waals surface area contributed by atoms with Crippen LogP contribution in [0.3, 0.4) is 0 Å². The standard InChI is InChI=1S/C7H6BrClFN/c8-4-11-5-1-2-7(10)6(9)3-5/h1-3,11H,4H2. The van der Waals surface area contributed by atoms with Crippen molar-refractivity contribution in [1.29, 1.82) is 0 Å². The first-order chi connectivity index (χ1) is 5.24. The van der Waals surface area contributed by atoms with Crippen LogP contribution in [-0.4, -0.2) is 5.45 Å². The molecule has 0 spiro atoms. The Morgan fingerprint density at radius 3 is 2.82 bits per heavy atom. The van der Waals surface area contributed by atoms with Gasteiger partial charge in [0.2, 0.25) is 0 Å². The third kappa shape index (κ3) is 2.34. The average molecular weight is 238 g/mol. The molecule has 1 rings (SSSR count). The highest BCUT2D eigenvalue weighted by Gasteiger charge is 1.98. The molecule has 0 atom stereocenters. The number of hydrogen-bond donors (Lipinski definition) is 1. The number of nitrogens with one attached hydrogen (secondary N) is 1. The van der Waals surface area contributed by atoms with Gasteiger partial charge < -0.3 is 5.32 Å². The minimum Gasteiger partial charge on any atom is -0.375 e. The van der Waals surface area contributed by atoms with Gasteiger partial charge in [-0.1, -0.05) is 27.5 Å². The molecule has 0 saturated heterocycles. The van der Waals surface area contributed by atoms with Crippen molar-refractivity contribution in [2.24, 2.45) is 0 Å². The Balaban J connectivity index is 2.86. The Morgan fingerprint density at radius 2 is 2.27 bits per heavy atom. The molecule has 4 heteroatoms. The fourth-order valence-corrected chi connectivity index (χ4v) is 1.19. The van der Waals surface area contributed by atoms with Crippen LogP contribution < -0.4 is 5.32 Å². The molecule has 1 aromatic carbocycles. The molecule has 1 nitrogen and oxygen atoms in total. The van der Waals surface area contributed by atoms with Crippen LogP contribution >= 0.6 is 27.5 Å². The highest BCUT2D eigenvalue weighted by molar-refractivity contribution is 9.09. The zero-order valence-electron chi connectivity index (χ0n) is 5.57. The van der Waals surface area contributed by atoms with E-state index in [1.807, 2.05) is 0 Å². The van der Waals surface area contributed by atoms with E-state index < -0.39 is 5.82 Å². The van der Waals surface area contributed by atoms with Crippen LogP contribution in [-0.2, 0) is 0 Å². The summed E-state index contributed by atoms with van der Waals surface area (Å²) in [6, 6.07) is 4.49. The number of hydrogen-bond acceptors (Lipinski definition) is 1. The molecular formula is C7H6BrClFN. The molecule has 0 amide bonds. The van der Waals surface area contributed by atoms with Crippen molar-refractivity contribution < 1.29 is 4.39 Å². The Bertz CT molecular complexity index is 254. The summed E-state index contributed by atoms with van der Waals surface area (Å²) in [4.78, 5) is 0. The van der Waals surface area contributed by atoms with E-state index in [0.717, 1.165) is 5.69 Å². The Labute approximate surface area is 77.7 Å². The fourth-order valence-electron chi connectivity index (χ4n) is 0.683. The SMILES string of the molecule is Fc1ccc(NCBr)cc1Cl. The molecule has 11 heavy (non-hydrogen) atoms. The van der Waals surface area contributed by atoms with E-state index in [1.54, 1.807) is 6.07 Å². The number of benzene rings is 1. The quantitative estimate of drug-likeness (QED) is 0.616. The molecule has 0 aliphatic carbocycles. The van der Waals surface area contributed by atoms with Gasteiger partial charge in [-0.2, -0.15) is 0 Å². The van der Waals surface area contributed by atoms with Gasteiger partial charge in [0.25, 0.3) is 0 Å². The summed E-state index contributed by atoms with van der Waals surface area (Å²) in [5.41, 5.74) is 1.42. The molecule has 0 aliphatic heterocycles. The van der Waals surface area contributed by atoms with Crippen LogP contribution in [0, 0.1) is 5.82 Å². The van der Waals surface area contributed by atoms with Crippen LogP contribution in [0.15, 0.2) is 18.2 Å². The Morgan fingerprint density at radius 1 is 1.55 bits per heavy atom. The van der Waals surface area contributed by atoms with Crippen molar-refractivity contribution in [3.8, 4) is 0 Å². The van der Waals surface area contributed by atoms with Crippen molar-refractivity contribution in [3.63, 3.8) is 0 Å². The zero-order valence-corrected chi connectivity index (χ0v) is 7.91. The molecule has 0 aliphatic rings. The molecule has 0 aromatic heterocycles. The summed E-state index contributed by atoms with van der Waals surface area (Å²) in [6.45, 7) is 0. The highest BCUT2D eigenvalue weighted by Crippen LogP contribution is 2.19. The van der Waals surface area contributed by atoms with Gasteiger partial charge in [-0.3, -0.25) is 0 Å². The van der Waals surface area contributed by atoms with Crippen molar-refractivity contribution >= 4 is 33.2 Å². The average Bonchev–Trinajstić information content (AvgIpc) is 1.98. The first-order valence-corrected chi connectivity index (χ1v) is 4.49. The second-order valence-electron chi connectivity index (χ2n) is 1.94. The summed E-state index contributed by atoms with van der Waals surface area (Å²) in [6.07, 6.45) is 0. The van der Waals surface area contributed by atoms with Gasteiger partial charge in [0.1, 0.15) is 5.82 Å². The molecule has 0 bridgehead atoms. The summed E-state index contributed by atoms with van der Waals surface area (Å²) in [5, 5.41) is 3.08. The molecule has 0 saturated carbocycles. The van der Waals surface area contributed by atoms with Crippen LogP contribution in [0.5, 0.6) is 0 Å². The first kappa shape index (κ1) is 8.81. The second-order valence-corrected chi connectivity index (χ2v) is 2.91. The lowest BCUT2D eigenvalue weighted by Gasteiger charge is -2.01. The van der Waals surface area contributed by atoms with Crippen molar-refractivity contribution in [1.82, 2.24) is 0 Å². The summed E-state index contributed by atoms with van der Waals surface area (Å²) in [5.74, 6) is -0.396. The van der Waals surface area contributed by atoms with Gasteiger partial charge in [0, 0.05) is 5.69 Å². The predicted molar refractivity (Wildman–Crippen MR) is 48.8 cm³/mol. The molecule has 60 valence electrons. The molecule has 0 unspecified atom stereocenters. The predicted octanol–water partition coefficient (Wildman–Crippen LogP) is 3.24. The molecule has 1 N–H and O–H groups in total. The lowest BCUT2D eigenvalue weighted by molar-refractivity contribution is 0.628. The number of alkyl halides is 1. The lowest BCUT2D eigenvalue weighted by atomic mass is 10.3. The van der Waals surface area contributed by atoms with E-state index >= 15 is 0 Å². The Kier molecular flexibility index (Phi) is 3.15. The fraction of sp³-hybridized carbons (Fsp3) is 0.143. The third-order valence-electron chi connectivity index (χ3n) is 1.19. The first-order valence-electron chi connectivity index (χ1n) is 2.99. The maximum atomic E-state index is 12.6.